The quantitative estimate of drug-likeness (QED) is 0.736. The molecule has 0 aliphatic rings. The highest BCUT2D eigenvalue weighted by Crippen LogP contribution is 2.17. The van der Waals surface area contributed by atoms with E-state index in [-0.39, 0.29) is 5.56 Å². The van der Waals surface area contributed by atoms with Crippen LogP contribution in [0.15, 0.2) is 35.5 Å². The fourth-order valence-electron chi connectivity index (χ4n) is 2.11. The molecule has 2 aromatic heterocycles. The van der Waals surface area contributed by atoms with Crippen molar-refractivity contribution in [3.63, 3.8) is 0 Å². The fraction of sp³-hybridized carbons (Fsp3) is 0.231. The van der Waals surface area contributed by atoms with E-state index < -0.39 is 0 Å². The lowest BCUT2D eigenvalue weighted by Gasteiger charge is -2.07. The molecule has 6 nitrogen and oxygen atoms in total. The Hall–Kier alpha value is -2.21. The molecule has 0 aliphatic carbocycles. The molecule has 0 N–H and O–H groups in total. The zero-order valence-corrected chi connectivity index (χ0v) is 11.6. The molecule has 0 unspecified atom stereocenters. The Labute approximate surface area is 119 Å². The summed E-state index contributed by atoms with van der Waals surface area (Å²) in [4.78, 5) is 16.7. The van der Waals surface area contributed by atoms with Gasteiger partial charge >= 0.3 is 0 Å². The molecular formula is C13H12ClN5O. The molecule has 0 spiro atoms. The molecule has 0 saturated carbocycles. The van der Waals surface area contributed by atoms with E-state index in [0.717, 1.165) is 5.69 Å². The maximum atomic E-state index is 12.4. The van der Waals surface area contributed by atoms with Gasteiger partial charge in [-0.1, -0.05) is 22.9 Å². The Kier molecular flexibility index (Phi) is 3.23. The highest BCUT2D eigenvalue weighted by molar-refractivity contribution is 6.34. The van der Waals surface area contributed by atoms with E-state index in [1.54, 1.807) is 29.1 Å². The summed E-state index contributed by atoms with van der Waals surface area (Å²) in [5.41, 5.74) is 1.26. The Bertz CT molecular complexity index is 823. The molecule has 3 aromatic rings. The van der Waals surface area contributed by atoms with Gasteiger partial charge in [-0.3, -0.25) is 9.36 Å². The van der Waals surface area contributed by atoms with Crippen LogP contribution in [0.1, 0.15) is 12.6 Å². The molecule has 0 radical (unpaired) electrons. The van der Waals surface area contributed by atoms with Crippen molar-refractivity contribution in [3.05, 3.63) is 51.8 Å². The summed E-state index contributed by atoms with van der Waals surface area (Å²) in [6.45, 7) is 3.06. The number of nitrogens with zero attached hydrogens (tertiary/aromatic N) is 5. The predicted octanol–water partition coefficient (Wildman–Crippen LogP) is 1.71. The fourth-order valence-corrected chi connectivity index (χ4v) is 2.33. The average Bonchev–Trinajstić information content (AvgIpc) is 2.90. The van der Waals surface area contributed by atoms with Crippen molar-refractivity contribution in [2.75, 3.05) is 0 Å². The number of para-hydroxylation sites is 1. The van der Waals surface area contributed by atoms with E-state index in [9.17, 15) is 4.79 Å². The minimum Gasteiger partial charge on any atom is -0.293 e. The Morgan fingerprint density at radius 2 is 2.20 bits per heavy atom. The van der Waals surface area contributed by atoms with Crippen molar-refractivity contribution in [3.8, 4) is 0 Å². The van der Waals surface area contributed by atoms with Crippen LogP contribution in [0.4, 0.5) is 0 Å². The number of rotatable bonds is 3. The van der Waals surface area contributed by atoms with Crippen molar-refractivity contribution >= 4 is 22.5 Å². The summed E-state index contributed by atoms with van der Waals surface area (Å²) in [5, 5.41) is 8.79. The lowest BCUT2D eigenvalue weighted by atomic mass is 10.2. The number of aromatic nitrogens is 5. The number of hydrogen-bond acceptors (Lipinski definition) is 4. The molecule has 0 bridgehead atoms. The van der Waals surface area contributed by atoms with Crippen molar-refractivity contribution in [2.45, 2.75) is 20.0 Å². The van der Waals surface area contributed by atoms with Crippen LogP contribution in [0.25, 0.3) is 10.9 Å². The molecule has 0 aliphatic heterocycles. The third kappa shape index (κ3) is 2.08. The smallest absolute Gasteiger partial charge is 0.261 e. The van der Waals surface area contributed by atoms with Crippen molar-refractivity contribution in [1.82, 2.24) is 24.5 Å². The summed E-state index contributed by atoms with van der Waals surface area (Å²) < 4.78 is 3.28. The first-order valence-corrected chi connectivity index (χ1v) is 6.59. The van der Waals surface area contributed by atoms with Gasteiger partial charge < -0.3 is 0 Å². The maximum Gasteiger partial charge on any atom is 0.261 e. The normalized spacial score (nSPS) is 11.1. The predicted molar refractivity (Wildman–Crippen MR) is 75.8 cm³/mol. The van der Waals surface area contributed by atoms with Gasteiger partial charge in [0.05, 0.1) is 40.7 Å². The van der Waals surface area contributed by atoms with E-state index in [1.807, 2.05) is 6.92 Å². The minimum absolute atomic E-state index is 0.124. The summed E-state index contributed by atoms with van der Waals surface area (Å²) in [5.74, 6) is 0. The van der Waals surface area contributed by atoms with Crippen LogP contribution >= 0.6 is 11.6 Å². The number of aryl methyl sites for hydroxylation is 1. The molecule has 102 valence electrons. The zero-order valence-electron chi connectivity index (χ0n) is 10.8. The van der Waals surface area contributed by atoms with Gasteiger partial charge in [-0.25, -0.2) is 9.67 Å². The largest absolute Gasteiger partial charge is 0.293 e. The molecule has 2 heterocycles. The maximum absolute atomic E-state index is 12.4. The summed E-state index contributed by atoms with van der Waals surface area (Å²) in [6.07, 6.45) is 3.15. The number of hydrogen-bond donors (Lipinski definition) is 0. The Morgan fingerprint density at radius 1 is 1.35 bits per heavy atom. The van der Waals surface area contributed by atoms with Gasteiger partial charge in [0.25, 0.3) is 5.56 Å². The summed E-state index contributed by atoms with van der Waals surface area (Å²) in [7, 11) is 0. The van der Waals surface area contributed by atoms with Crippen molar-refractivity contribution in [1.29, 1.82) is 0 Å². The van der Waals surface area contributed by atoms with Crippen molar-refractivity contribution in [2.24, 2.45) is 0 Å². The zero-order chi connectivity index (χ0) is 14.1. The van der Waals surface area contributed by atoms with Crippen LogP contribution in [0.2, 0.25) is 5.02 Å². The minimum atomic E-state index is -0.124. The van der Waals surface area contributed by atoms with E-state index in [1.165, 1.54) is 10.9 Å². The van der Waals surface area contributed by atoms with Crippen LogP contribution < -0.4 is 5.56 Å². The third-order valence-electron chi connectivity index (χ3n) is 3.13. The van der Waals surface area contributed by atoms with Gasteiger partial charge in [0.15, 0.2) is 0 Å². The van der Waals surface area contributed by atoms with Crippen LogP contribution in [0.3, 0.4) is 0 Å². The highest BCUT2D eigenvalue weighted by atomic mass is 35.5. The Morgan fingerprint density at radius 3 is 3.00 bits per heavy atom. The Balaban J connectivity index is 2.10. The van der Waals surface area contributed by atoms with Gasteiger partial charge in [0, 0.05) is 6.54 Å². The number of halogens is 1. The van der Waals surface area contributed by atoms with Gasteiger partial charge in [-0.05, 0) is 19.1 Å². The van der Waals surface area contributed by atoms with Gasteiger partial charge in [0.1, 0.15) is 0 Å². The first-order chi connectivity index (χ1) is 9.70. The molecule has 0 atom stereocenters. The first kappa shape index (κ1) is 12.8. The lowest BCUT2D eigenvalue weighted by molar-refractivity contribution is 0.576. The SMILES string of the molecule is CCn1nncc1Cn1cnc2c(Cl)cccc2c1=O. The monoisotopic (exact) mass is 289 g/mol. The molecule has 0 amide bonds. The molecule has 0 saturated heterocycles. The standard InChI is InChI=1S/C13H12ClN5O/c1-2-19-9(6-16-17-19)7-18-8-15-12-10(13(18)20)4-3-5-11(12)14/h3-6,8H,2,7H2,1H3. The second-order valence-corrected chi connectivity index (χ2v) is 4.76. The summed E-state index contributed by atoms with van der Waals surface area (Å²) in [6, 6.07) is 5.19. The van der Waals surface area contributed by atoms with Crippen LogP contribution in [-0.4, -0.2) is 24.5 Å². The second-order valence-electron chi connectivity index (χ2n) is 4.35. The summed E-state index contributed by atoms with van der Waals surface area (Å²) >= 11 is 6.04. The molecule has 3 rings (SSSR count). The highest BCUT2D eigenvalue weighted by Gasteiger charge is 2.09. The van der Waals surface area contributed by atoms with Gasteiger partial charge in [-0.15, -0.1) is 5.10 Å². The molecule has 1 aromatic carbocycles. The van der Waals surface area contributed by atoms with E-state index >= 15 is 0 Å². The number of benzene rings is 1. The lowest BCUT2D eigenvalue weighted by Crippen LogP contribution is -2.22. The third-order valence-corrected chi connectivity index (χ3v) is 3.44. The van der Waals surface area contributed by atoms with Crippen molar-refractivity contribution < 1.29 is 0 Å². The van der Waals surface area contributed by atoms with E-state index in [2.05, 4.69) is 15.3 Å². The number of fused-ring (bicyclic) bond motifs is 1. The molecule has 0 fully saturated rings. The van der Waals surface area contributed by atoms with Crippen LogP contribution in [0, 0.1) is 0 Å². The topological polar surface area (TPSA) is 65.6 Å². The van der Waals surface area contributed by atoms with Crippen LogP contribution in [0.5, 0.6) is 0 Å². The average molecular weight is 290 g/mol. The molecule has 7 heteroatoms. The van der Waals surface area contributed by atoms with E-state index in [0.29, 0.717) is 29.0 Å². The first-order valence-electron chi connectivity index (χ1n) is 6.21. The second kappa shape index (κ2) is 5.05. The van der Waals surface area contributed by atoms with Crippen LogP contribution in [-0.2, 0) is 13.1 Å². The van der Waals surface area contributed by atoms with E-state index in [4.69, 9.17) is 11.6 Å². The molecular weight excluding hydrogens is 278 g/mol. The van der Waals surface area contributed by atoms with Gasteiger partial charge in [-0.2, -0.15) is 0 Å². The molecule has 20 heavy (non-hydrogen) atoms. The van der Waals surface area contributed by atoms with Gasteiger partial charge in [0.2, 0.25) is 0 Å².